The Morgan fingerprint density at radius 1 is 1.27 bits per heavy atom. The van der Waals surface area contributed by atoms with Crippen LogP contribution in [-0.2, 0) is 25.5 Å². The quantitative estimate of drug-likeness (QED) is 0.641. The molecule has 182 valence electrons. The molecule has 0 spiro atoms. The predicted octanol–water partition coefficient (Wildman–Crippen LogP) is 3.48. The second kappa shape index (κ2) is 8.99. The second-order valence-electron chi connectivity index (χ2n) is 8.48. The van der Waals surface area contributed by atoms with E-state index in [0.29, 0.717) is 0 Å². The van der Waals surface area contributed by atoms with Crippen molar-refractivity contribution in [2.75, 3.05) is 23.0 Å². The van der Waals surface area contributed by atoms with Crippen LogP contribution in [0.1, 0.15) is 26.3 Å². The molecule has 0 aliphatic carbocycles. The first-order chi connectivity index (χ1) is 15.1. The molecule has 8 nitrogen and oxygen atoms in total. The van der Waals surface area contributed by atoms with Gasteiger partial charge < -0.3 is 15.0 Å². The summed E-state index contributed by atoms with van der Waals surface area (Å²) in [4.78, 5) is 29.3. The molecule has 2 aliphatic heterocycles. The zero-order chi connectivity index (χ0) is 24.8. The highest BCUT2D eigenvalue weighted by molar-refractivity contribution is 8.16. The van der Waals surface area contributed by atoms with Gasteiger partial charge in [0, 0.05) is 5.25 Å². The molecule has 1 aromatic carbocycles. The molecule has 2 heterocycles. The maximum atomic E-state index is 13.3. The zero-order valence-corrected chi connectivity index (χ0v) is 20.2. The Hall–Kier alpha value is -1.99. The normalized spacial score (nSPS) is 23.5. The van der Waals surface area contributed by atoms with Gasteiger partial charge in [-0.1, -0.05) is 23.4 Å². The van der Waals surface area contributed by atoms with E-state index in [0.717, 1.165) is 30.0 Å². The van der Waals surface area contributed by atoms with Crippen molar-refractivity contribution < 1.29 is 35.9 Å². The number of nitrogens with zero attached hydrogens (tertiary/aromatic N) is 2. The Labute approximate surface area is 197 Å². The number of anilines is 1. The molecule has 0 aromatic heterocycles. The number of alkyl halides is 3. The van der Waals surface area contributed by atoms with E-state index in [9.17, 15) is 31.2 Å². The monoisotopic (exact) mass is 527 g/mol. The fraction of sp³-hybridized carbons (Fsp3) is 0.526. The molecule has 0 unspecified atom stereocenters. The number of fused-ring (bicyclic) bond motifs is 1. The molecule has 2 atom stereocenters. The average Bonchev–Trinajstić information content (AvgIpc) is 3.09. The third-order valence-corrected chi connectivity index (χ3v) is 8.13. The summed E-state index contributed by atoms with van der Waals surface area (Å²) in [6, 6.07) is 1.93. The Morgan fingerprint density at radius 2 is 1.94 bits per heavy atom. The van der Waals surface area contributed by atoms with Gasteiger partial charge in [-0.3, -0.25) is 4.79 Å². The number of sulfone groups is 1. The van der Waals surface area contributed by atoms with Gasteiger partial charge >= 0.3 is 12.3 Å². The van der Waals surface area contributed by atoms with E-state index in [-0.39, 0.29) is 27.4 Å². The van der Waals surface area contributed by atoms with Crippen LogP contribution in [-0.4, -0.2) is 60.5 Å². The molecule has 0 radical (unpaired) electrons. The number of alkyl carbamates (subject to hydrolysis) is 1. The van der Waals surface area contributed by atoms with Crippen LogP contribution in [0.4, 0.5) is 23.7 Å². The topological polar surface area (TPSA) is 105 Å². The Bertz CT molecular complexity index is 1100. The lowest BCUT2D eigenvalue weighted by molar-refractivity contribution is -0.137. The van der Waals surface area contributed by atoms with E-state index >= 15 is 0 Å². The lowest BCUT2D eigenvalue weighted by Gasteiger charge is -2.26. The number of carbonyl (C=O) groups excluding carboxylic acids is 2. The average molecular weight is 528 g/mol. The molecule has 2 fully saturated rings. The number of benzene rings is 1. The lowest BCUT2D eigenvalue weighted by Crippen LogP contribution is -2.39. The molecule has 2 saturated heterocycles. The van der Waals surface area contributed by atoms with Gasteiger partial charge in [-0.05, 0) is 39.0 Å². The molecule has 2 amide bonds. The van der Waals surface area contributed by atoms with Gasteiger partial charge in [-0.25, -0.2) is 13.2 Å². The van der Waals surface area contributed by atoms with Crippen LogP contribution >= 0.6 is 23.4 Å². The van der Waals surface area contributed by atoms with Gasteiger partial charge in [0.25, 0.3) is 5.91 Å². The predicted molar refractivity (Wildman–Crippen MR) is 119 cm³/mol. The van der Waals surface area contributed by atoms with E-state index in [1.807, 2.05) is 0 Å². The van der Waals surface area contributed by atoms with Crippen molar-refractivity contribution in [3.8, 4) is 0 Å². The fourth-order valence-electron chi connectivity index (χ4n) is 3.33. The number of hydrogen-bond donors (Lipinski definition) is 1. The van der Waals surface area contributed by atoms with E-state index < -0.39 is 57.0 Å². The fourth-order valence-corrected chi connectivity index (χ4v) is 7.46. The largest absolute Gasteiger partial charge is 0.444 e. The third kappa shape index (κ3) is 6.33. The summed E-state index contributed by atoms with van der Waals surface area (Å²) in [5.74, 6) is -1.32. The molecule has 33 heavy (non-hydrogen) atoms. The highest BCUT2D eigenvalue weighted by Crippen LogP contribution is 2.44. The minimum atomic E-state index is -4.65. The Balaban J connectivity index is 1.90. The van der Waals surface area contributed by atoms with Crippen molar-refractivity contribution in [3.63, 3.8) is 0 Å². The number of ether oxygens (including phenoxy) is 1. The summed E-state index contributed by atoms with van der Waals surface area (Å²) in [6.45, 7) is 4.42. The van der Waals surface area contributed by atoms with Crippen molar-refractivity contribution in [3.05, 3.63) is 28.8 Å². The number of hydrogen-bond acceptors (Lipinski definition) is 6. The minimum absolute atomic E-state index is 0.0112. The molecule has 14 heteroatoms. The van der Waals surface area contributed by atoms with Gasteiger partial charge in [0.2, 0.25) is 0 Å². The standard InChI is InChI=1S/C19H21ClF3N3O5S2/c1-18(2,3)31-17(28)24-7-15(27)25-16-26(13-8-33(29,30)9-14(13)32-16)12-6-10(19(21,22)23)4-5-11(12)20/h4-6,13-14H,7-9H2,1-3H3,(H,24,28)/t13-,14+/m0/s1. The number of rotatable bonds is 3. The van der Waals surface area contributed by atoms with E-state index in [2.05, 4.69) is 10.3 Å². The molecule has 1 aromatic rings. The molecule has 0 saturated carbocycles. The molecular weight excluding hydrogens is 507 g/mol. The minimum Gasteiger partial charge on any atom is -0.444 e. The number of halogens is 4. The van der Waals surface area contributed by atoms with Crippen molar-refractivity contribution in [1.29, 1.82) is 0 Å². The van der Waals surface area contributed by atoms with Gasteiger partial charge in [0.15, 0.2) is 15.0 Å². The molecule has 2 aliphatic rings. The van der Waals surface area contributed by atoms with Gasteiger partial charge in [-0.2, -0.15) is 18.2 Å². The summed E-state index contributed by atoms with van der Waals surface area (Å²) in [6.07, 6.45) is -5.49. The third-order valence-electron chi connectivity index (χ3n) is 4.60. The Kier molecular flexibility index (Phi) is 6.98. The summed E-state index contributed by atoms with van der Waals surface area (Å²) in [5, 5.41) is 1.68. The highest BCUT2D eigenvalue weighted by Gasteiger charge is 2.50. The van der Waals surface area contributed by atoms with E-state index in [4.69, 9.17) is 16.3 Å². The highest BCUT2D eigenvalue weighted by atomic mass is 35.5. The maximum absolute atomic E-state index is 13.3. The van der Waals surface area contributed by atoms with Crippen molar-refractivity contribution in [2.45, 2.75) is 43.8 Å². The summed E-state index contributed by atoms with van der Waals surface area (Å²) in [7, 11) is -3.43. The van der Waals surface area contributed by atoms with Crippen molar-refractivity contribution in [2.24, 2.45) is 4.99 Å². The second-order valence-corrected chi connectivity index (χ2v) is 12.2. The van der Waals surface area contributed by atoms with E-state index in [1.165, 1.54) is 4.90 Å². The summed E-state index contributed by atoms with van der Waals surface area (Å²) >= 11 is 7.15. The maximum Gasteiger partial charge on any atom is 0.416 e. The first-order valence-electron chi connectivity index (χ1n) is 9.67. The molecule has 3 rings (SSSR count). The summed E-state index contributed by atoms with van der Waals surface area (Å²) in [5.41, 5.74) is -1.86. The zero-order valence-electron chi connectivity index (χ0n) is 17.8. The first kappa shape index (κ1) is 25.6. The number of amides is 2. The van der Waals surface area contributed by atoms with Crippen molar-refractivity contribution >= 4 is 56.1 Å². The van der Waals surface area contributed by atoms with Gasteiger partial charge in [0.05, 0.1) is 33.8 Å². The van der Waals surface area contributed by atoms with Crippen LogP contribution in [0.2, 0.25) is 5.02 Å². The number of thioether (sulfide) groups is 1. The van der Waals surface area contributed by atoms with Crippen LogP contribution in [0.25, 0.3) is 0 Å². The number of nitrogens with one attached hydrogen (secondary N) is 1. The lowest BCUT2D eigenvalue weighted by atomic mass is 10.1. The smallest absolute Gasteiger partial charge is 0.416 e. The first-order valence-corrected chi connectivity index (χ1v) is 12.7. The van der Waals surface area contributed by atoms with Crippen LogP contribution in [0.3, 0.4) is 0 Å². The van der Waals surface area contributed by atoms with Gasteiger partial charge in [-0.15, -0.1) is 0 Å². The molecular formula is C19H21ClF3N3O5S2. The number of carbonyl (C=O) groups is 2. The van der Waals surface area contributed by atoms with Crippen LogP contribution in [0.5, 0.6) is 0 Å². The van der Waals surface area contributed by atoms with Gasteiger partial charge in [0.1, 0.15) is 12.1 Å². The van der Waals surface area contributed by atoms with Crippen molar-refractivity contribution in [1.82, 2.24) is 5.32 Å². The Morgan fingerprint density at radius 3 is 2.55 bits per heavy atom. The van der Waals surface area contributed by atoms with Crippen LogP contribution < -0.4 is 10.2 Å². The van der Waals surface area contributed by atoms with Crippen LogP contribution in [0, 0.1) is 0 Å². The SMILES string of the molecule is CC(C)(C)OC(=O)NCC(=O)N=C1S[C@@H]2CS(=O)(=O)C[C@@H]2N1c1cc(C(F)(F)F)ccc1Cl. The number of amidine groups is 1. The number of aliphatic imine (C=N–C) groups is 1. The van der Waals surface area contributed by atoms with Crippen LogP contribution in [0.15, 0.2) is 23.2 Å². The molecule has 1 N–H and O–H groups in total. The molecule has 0 bridgehead atoms. The van der Waals surface area contributed by atoms with E-state index in [1.54, 1.807) is 20.8 Å². The summed E-state index contributed by atoms with van der Waals surface area (Å²) < 4.78 is 69.1.